The van der Waals surface area contributed by atoms with Crippen molar-refractivity contribution in [2.75, 3.05) is 11.1 Å². The summed E-state index contributed by atoms with van der Waals surface area (Å²) in [7, 11) is 0. The third kappa shape index (κ3) is 3.88. The van der Waals surface area contributed by atoms with E-state index in [0.717, 1.165) is 5.39 Å². The Morgan fingerprint density at radius 2 is 1.72 bits per heavy atom. The number of fused-ring (bicyclic) bond motifs is 3. The summed E-state index contributed by atoms with van der Waals surface area (Å²) in [4.78, 5) is 30.6. The molecule has 3 aromatic carbocycles. The van der Waals surface area contributed by atoms with E-state index in [9.17, 15) is 9.59 Å². The van der Waals surface area contributed by atoms with E-state index in [1.165, 1.54) is 16.3 Å². The first-order valence-electron chi connectivity index (χ1n) is 9.78. The van der Waals surface area contributed by atoms with Crippen molar-refractivity contribution in [3.63, 3.8) is 0 Å². The number of benzene rings is 3. The lowest BCUT2D eigenvalue weighted by atomic mass is 10.2. The fourth-order valence-corrected chi connectivity index (χ4v) is 4.32. The highest BCUT2D eigenvalue weighted by Crippen LogP contribution is 2.28. The van der Waals surface area contributed by atoms with Gasteiger partial charge in [0.1, 0.15) is 11.1 Å². The summed E-state index contributed by atoms with van der Waals surface area (Å²) in [5.74, 6) is -0.147. The van der Waals surface area contributed by atoms with Gasteiger partial charge in [-0.2, -0.15) is 0 Å². The summed E-state index contributed by atoms with van der Waals surface area (Å²) in [6, 6.07) is 23.4. The van der Waals surface area contributed by atoms with Crippen LogP contribution >= 0.6 is 23.4 Å². The van der Waals surface area contributed by atoms with Crippen LogP contribution in [0.15, 0.2) is 93.2 Å². The molecule has 1 N–H and O–H groups in total. The van der Waals surface area contributed by atoms with Gasteiger partial charge in [0, 0.05) is 16.1 Å². The molecule has 0 radical (unpaired) electrons. The van der Waals surface area contributed by atoms with Gasteiger partial charge in [0.25, 0.3) is 0 Å². The van der Waals surface area contributed by atoms with Crippen molar-refractivity contribution >= 4 is 57.0 Å². The smallest absolute Gasteiger partial charge is 0.302 e. The molecule has 0 spiro atoms. The van der Waals surface area contributed by atoms with Crippen LogP contribution in [-0.2, 0) is 4.79 Å². The van der Waals surface area contributed by atoms with Crippen molar-refractivity contribution in [2.45, 2.75) is 5.16 Å². The van der Waals surface area contributed by atoms with E-state index in [4.69, 9.17) is 21.0 Å². The Balaban J connectivity index is 1.54. The predicted molar refractivity (Wildman–Crippen MR) is 128 cm³/mol. The Morgan fingerprint density at radius 1 is 1.00 bits per heavy atom. The minimum atomic E-state index is -0.321. The Kier molecular flexibility index (Phi) is 5.43. The van der Waals surface area contributed by atoms with Crippen molar-refractivity contribution in [3.8, 4) is 5.69 Å². The molecule has 0 saturated carbocycles. The summed E-state index contributed by atoms with van der Waals surface area (Å²) >= 11 is 7.08. The Labute approximate surface area is 191 Å². The number of carbonyl (C=O) groups is 1. The molecule has 2 aromatic heterocycles. The molecule has 0 saturated heterocycles. The average molecular weight is 462 g/mol. The molecule has 0 bridgehead atoms. The molecule has 0 unspecified atom stereocenters. The first kappa shape index (κ1) is 20.4. The van der Waals surface area contributed by atoms with Crippen LogP contribution in [0.4, 0.5) is 5.69 Å². The topological polar surface area (TPSA) is 77.1 Å². The van der Waals surface area contributed by atoms with E-state index in [2.05, 4.69) is 5.32 Å². The number of amides is 1. The van der Waals surface area contributed by atoms with Crippen molar-refractivity contribution in [2.24, 2.45) is 0 Å². The quantitative estimate of drug-likeness (QED) is 0.275. The maximum atomic E-state index is 13.4. The van der Waals surface area contributed by atoms with Crippen molar-refractivity contribution in [1.29, 1.82) is 0 Å². The number of nitrogens with one attached hydrogen (secondary N) is 1. The van der Waals surface area contributed by atoms with Gasteiger partial charge in [-0.25, -0.2) is 4.98 Å². The van der Waals surface area contributed by atoms with Crippen LogP contribution in [0.25, 0.3) is 27.8 Å². The third-order valence-corrected chi connectivity index (χ3v) is 6.03. The van der Waals surface area contributed by atoms with E-state index < -0.39 is 0 Å². The van der Waals surface area contributed by atoms with Crippen LogP contribution in [0.3, 0.4) is 0 Å². The van der Waals surface area contributed by atoms with Gasteiger partial charge < -0.3 is 9.73 Å². The Bertz CT molecular complexity index is 1490. The predicted octanol–water partition coefficient (Wildman–Crippen LogP) is 5.52. The molecule has 0 fully saturated rings. The molecule has 2 heterocycles. The van der Waals surface area contributed by atoms with E-state index in [1.807, 2.05) is 48.5 Å². The number of furan rings is 1. The number of thioether (sulfide) groups is 1. The highest BCUT2D eigenvalue weighted by atomic mass is 35.5. The van der Waals surface area contributed by atoms with Crippen LogP contribution in [-0.4, -0.2) is 21.2 Å². The van der Waals surface area contributed by atoms with Gasteiger partial charge in [-0.15, -0.1) is 0 Å². The zero-order valence-corrected chi connectivity index (χ0v) is 18.2. The lowest BCUT2D eigenvalue weighted by Gasteiger charge is -2.11. The summed E-state index contributed by atoms with van der Waals surface area (Å²) in [5, 5.41) is 4.58. The summed E-state index contributed by atoms with van der Waals surface area (Å²) in [5.41, 5.74) is 2.23. The van der Waals surface area contributed by atoms with E-state index in [0.29, 0.717) is 32.7 Å². The molecule has 8 heteroatoms. The molecule has 0 aliphatic heterocycles. The van der Waals surface area contributed by atoms with Crippen molar-refractivity contribution in [1.82, 2.24) is 9.55 Å². The Hall–Kier alpha value is -3.55. The first-order chi connectivity index (χ1) is 15.6. The number of para-hydroxylation sites is 2. The lowest BCUT2D eigenvalue weighted by Crippen LogP contribution is -2.22. The lowest BCUT2D eigenvalue weighted by molar-refractivity contribution is -0.113. The number of hydrogen-bond acceptors (Lipinski definition) is 5. The number of nitrogens with zero attached hydrogens (tertiary/aromatic N) is 2. The monoisotopic (exact) mass is 461 g/mol. The van der Waals surface area contributed by atoms with Crippen LogP contribution < -0.4 is 10.9 Å². The molecule has 1 amide bonds. The summed E-state index contributed by atoms with van der Waals surface area (Å²) < 4.78 is 7.30. The third-order valence-electron chi connectivity index (χ3n) is 4.84. The molecule has 0 atom stereocenters. The molecular weight excluding hydrogens is 446 g/mol. The number of anilines is 1. The second-order valence-electron chi connectivity index (χ2n) is 6.99. The van der Waals surface area contributed by atoms with Crippen LogP contribution in [0.5, 0.6) is 0 Å². The van der Waals surface area contributed by atoms with Gasteiger partial charge in [-0.3, -0.25) is 14.2 Å². The minimum Gasteiger partial charge on any atom is -0.448 e. The second-order valence-corrected chi connectivity index (χ2v) is 8.37. The number of carbonyl (C=O) groups excluding carboxylic acids is 1. The van der Waals surface area contributed by atoms with Gasteiger partial charge in [0.2, 0.25) is 11.5 Å². The average Bonchev–Trinajstić information content (AvgIpc) is 3.19. The van der Waals surface area contributed by atoms with Crippen molar-refractivity contribution in [3.05, 3.63) is 94.2 Å². The minimum absolute atomic E-state index is 0.0726. The highest BCUT2D eigenvalue weighted by Gasteiger charge is 2.19. The zero-order valence-electron chi connectivity index (χ0n) is 16.6. The van der Waals surface area contributed by atoms with Crippen molar-refractivity contribution < 1.29 is 9.21 Å². The normalized spacial score (nSPS) is 11.2. The van der Waals surface area contributed by atoms with Gasteiger partial charge in [-0.05, 0) is 48.5 Å². The molecular formula is C24H16ClN3O3S. The summed E-state index contributed by atoms with van der Waals surface area (Å²) in [6.07, 6.45) is 0. The Morgan fingerprint density at radius 3 is 2.50 bits per heavy atom. The standard InChI is InChI=1S/C24H16ClN3O3S/c25-15-10-12-16(13-11-15)26-20(29)14-32-24-27-21-18-8-4-5-9-19(18)31-22(21)23(30)28(24)17-6-2-1-3-7-17/h1-13H,14H2,(H,26,29). The van der Waals surface area contributed by atoms with Crippen LogP contribution in [0, 0.1) is 0 Å². The largest absolute Gasteiger partial charge is 0.448 e. The number of aromatic nitrogens is 2. The number of halogens is 1. The van der Waals surface area contributed by atoms with E-state index >= 15 is 0 Å². The maximum absolute atomic E-state index is 13.4. The molecule has 6 nitrogen and oxygen atoms in total. The second kappa shape index (κ2) is 8.53. The fourth-order valence-electron chi connectivity index (χ4n) is 3.38. The van der Waals surface area contributed by atoms with E-state index in [-0.39, 0.29) is 22.8 Å². The molecule has 5 aromatic rings. The van der Waals surface area contributed by atoms with Gasteiger partial charge >= 0.3 is 5.56 Å². The van der Waals surface area contributed by atoms with Crippen LogP contribution in [0.2, 0.25) is 5.02 Å². The number of rotatable bonds is 5. The fraction of sp³-hybridized carbons (Fsp3) is 0.0417. The molecule has 5 rings (SSSR count). The molecule has 0 aliphatic carbocycles. The first-order valence-corrected chi connectivity index (χ1v) is 11.1. The van der Waals surface area contributed by atoms with Gasteiger partial charge in [0.15, 0.2) is 5.16 Å². The zero-order chi connectivity index (χ0) is 22.1. The highest BCUT2D eigenvalue weighted by molar-refractivity contribution is 7.99. The molecule has 0 aliphatic rings. The van der Waals surface area contributed by atoms with Gasteiger partial charge in [-0.1, -0.05) is 53.7 Å². The maximum Gasteiger partial charge on any atom is 0.302 e. The van der Waals surface area contributed by atoms with Crippen LogP contribution in [0.1, 0.15) is 0 Å². The van der Waals surface area contributed by atoms with E-state index in [1.54, 1.807) is 30.3 Å². The number of hydrogen-bond donors (Lipinski definition) is 1. The molecule has 32 heavy (non-hydrogen) atoms. The SMILES string of the molecule is O=C(CSc1nc2c(oc3ccccc32)c(=O)n1-c1ccccc1)Nc1ccc(Cl)cc1. The van der Waals surface area contributed by atoms with Gasteiger partial charge in [0.05, 0.1) is 11.4 Å². The summed E-state index contributed by atoms with van der Waals surface area (Å²) in [6.45, 7) is 0. The molecule has 158 valence electrons.